The highest BCUT2D eigenvalue weighted by Crippen LogP contribution is 2.46. The zero-order chi connectivity index (χ0) is 11.1. The van der Waals surface area contributed by atoms with Gasteiger partial charge in [0.25, 0.3) is 0 Å². The van der Waals surface area contributed by atoms with Crippen molar-refractivity contribution in [2.24, 2.45) is 0 Å². The average Bonchev–Trinajstić information content (AvgIpc) is 2.18. The van der Waals surface area contributed by atoms with Crippen molar-refractivity contribution in [3.05, 3.63) is 17.7 Å². The average molecular weight is 223 g/mol. The van der Waals surface area contributed by atoms with E-state index in [0.717, 1.165) is 18.0 Å². The Morgan fingerprint density at radius 1 is 1.40 bits per heavy atom. The molecule has 15 heavy (non-hydrogen) atoms. The maximum Gasteiger partial charge on any atom is 0.143 e. The van der Waals surface area contributed by atoms with E-state index in [2.05, 4.69) is 32.2 Å². The van der Waals surface area contributed by atoms with Crippen LogP contribution in [-0.4, -0.2) is 18.4 Å². The molecule has 82 valence electrons. The van der Waals surface area contributed by atoms with Crippen LogP contribution in [0.15, 0.2) is 17.0 Å². The number of rotatable bonds is 1. The number of hydrogen-bond donors (Lipinski definition) is 1. The van der Waals surface area contributed by atoms with E-state index in [1.165, 1.54) is 10.5 Å². The first kappa shape index (κ1) is 10.7. The third-order valence-corrected chi connectivity index (χ3v) is 4.03. The lowest BCUT2D eigenvalue weighted by molar-refractivity contribution is 0.415. The van der Waals surface area contributed by atoms with Crippen molar-refractivity contribution in [1.29, 1.82) is 0 Å². The molecule has 0 spiro atoms. The smallest absolute Gasteiger partial charge is 0.143 e. The van der Waals surface area contributed by atoms with Gasteiger partial charge < -0.3 is 10.1 Å². The van der Waals surface area contributed by atoms with Crippen molar-refractivity contribution in [2.75, 3.05) is 19.0 Å². The molecule has 0 aromatic heterocycles. The lowest BCUT2D eigenvalue weighted by Crippen LogP contribution is -2.30. The van der Waals surface area contributed by atoms with Gasteiger partial charge in [-0.1, -0.05) is 6.07 Å². The Hall–Kier alpha value is -0.830. The van der Waals surface area contributed by atoms with Crippen LogP contribution in [-0.2, 0) is 0 Å². The molecule has 0 fully saturated rings. The molecule has 1 N–H and O–H groups in total. The number of methoxy groups -OCH3 is 1. The second-order valence-electron chi connectivity index (χ2n) is 4.50. The molecule has 1 heterocycles. The van der Waals surface area contributed by atoms with Crippen molar-refractivity contribution in [3.8, 4) is 5.75 Å². The highest BCUT2D eigenvalue weighted by molar-refractivity contribution is 8.01. The van der Waals surface area contributed by atoms with E-state index in [0.29, 0.717) is 0 Å². The Labute approximate surface area is 95.4 Å². The highest BCUT2D eigenvalue weighted by Gasteiger charge is 2.28. The lowest BCUT2D eigenvalue weighted by atomic mass is 10.1. The zero-order valence-corrected chi connectivity index (χ0v) is 10.5. The summed E-state index contributed by atoms with van der Waals surface area (Å²) in [4.78, 5) is 1.32. The second kappa shape index (κ2) is 3.63. The molecule has 0 aliphatic carbocycles. The SMILES string of the molecule is COc1ccc(C)c2c1NCC(C)(C)S2. The third-order valence-electron chi connectivity index (χ3n) is 2.61. The van der Waals surface area contributed by atoms with Crippen LogP contribution in [0.25, 0.3) is 0 Å². The molecule has 0 saturated heterocycles. The Bertz CT molecular complexity index is 387. The molecule has 3 heteroatoms. The van der Waals surface area contributed by atoms with Crippen molar-refractivity contribution >= 4 is 17.4 Å². The summed E-state index contributed by atoms with van der Waals surface area (Å²) in [6.07, 6.45) is 0. The Morgan fingerprint density at radius 3 is 2.80 bits per heavy atom. The predicted molar refractivity (Wildman–Crippen MR) is 66.2 cm³/mol. The van der Waals surface area contributed by atoms with Crippen LogP contribution < -0.4 is 10.1 Å². The number of thioether (sulfide) groups is 1. The molecular weight excluding hydrogens is 206 g/mol. The van der Waals surface area contributed by atoms with Gasteiger partial charge in [0.15, 0.2) is 0 Å². The predicted octanol–water partition coefficient (Wildman–Crippen LogP) is 3.30. The molecule has 1 aliphatic heterocycles. The van der Waals surface area contributed by atoms with Gasteiger partial charge in [-0.15, -0.1) is 11.8 Å². The molecule has 0 saturated carbocycles. The van der Waals surface area contributed by atoms with Crippen LogP contribution >= 0.6 is 11.8 Å². The highest BCUT2D eigenvalue weighted by atomic mass is 32.2. The van der Waals surface area contributed by atoms with Crippen molar-refractivity contribution in [2.45, 2.75) is 30.4 Å². The summed E-state index contributed by atoms with van der Waals surface area (Å²) >= 11 is 1.93. The quantitative estimate of drug-likeness (QED) is 0.789. The molecular formula is C12H17NOS. The zero-order valence-electron chi connectivity index (χ0n) is 9.68. The maximum atomic E-state index is 5.36. The van der Waals surface area contributed by atoms with Gasteiger partial charge in [0.05, 0.1) is 12.8 Å². The third kappa shape index (κ3) is 1.93. The van der Waals surface area contributed by atoms with Gasteiger partial charge in [0, 0.05) is 16.2 Å². The number of nitrogens with one attached hydrogen (secondary N) is 1. The maximum absolute atomic E-state index is 5.36. The van der Waals surface area contributed by atoms with E-state index in [9.17, 15) is 0 Å². The first-order chi connectivity index (χ1) is 7.03. The Balaban J connectivity index is 2.50. The second-order valence-corrected chi connectivity index (χ2v) is 6.22. The molecule has 0 unspecified atom stereocenters. The van der Waals surface area contributed by atoms with E-state index >= 15 is 0 Å². The number of fused-ring (bicyclic) bond motifs is 1. The number of aryl methyl sites for hydroxylation is 1. The van der Waals surface area contributed by atoms with Gasteiger partial charge in [-0.25, -0.2) is 0 Å². The molecule has 2 rings (SSSR count). The van der Waals surface area contributed by atoms with Gasteiger partial charge in [-0.2, -0.15) is 0 Å². The minimum Gasteiger partial charge on any atom is -0.495 e. The fourth-order valence-electron chi connectivity index (χ4n) is 1.75. The number of benzene rings is 1. The van der Waals surface area contributed by atoms with Crippen molar-refractivity contribution in [1.82, 2.24) is 0 Å². The van der Waals surface area contributed by atoms with Crippen LogP contribution in [0.4, 0.5) is 5.69 Å². The molecule has 0 bridgehead atoms. The van der Waals surface area contributed by atoms with E-state index in [-0.39, 0.29) is 4.75 Å². The van der Waals surface area contributed by atoms with Crippen LogP contribution in [0.1, 0.15) is 19.4 Å². The number of hydrogen-bond acceptors (Lipinski definition) is 3. The summed E-state index contributed by atoms with van der Waals surface area (Å²) in [6.45, 7) is 7.64. The lowest BCUT2D eigenvalue weighted by Gasteiger charge is -2.33. The van der Waals surface area contributed by atoms with Crippen LogP contribution in [0.2, 0.25) is 0 Å². The molecule has 1 aliphatic rings. The van der Waals surface area contributed by atoms with Crippen LogP contribution in [0, 0.1) is 6.92 Å². The molecule has 2 nitrogen and oxygen atoms in total. The van der Waals surface area contributed by atoms with Crippen molar-refractivity contribution in [3.63, 3.8) is 0 Å². The van der Waals surface area contributed by atoms with Crippen molar-refractivity contribution < 1.29 is 4.74 Å². The summed E-state index contributed by atoms with van der Waals surface area (Å²) in [5.41, 5.74) is 2.47. The van der Waals surface area contributed by atoms with Gasteiger partial charge >= 0.3 is 0 Å². The minimum atomic E-state index is 0.254. The van der Waals surface area contributed by atoms with Gasteiger partial charge in [0.2, 0.25) is 0 Å². The standard InChI is InChI=1S/C12H17NOS/c1-8-5-6-9(14-4)10-11(8)15-12(2,3)7-13-10/h5-6,13H,7H2,1-4H3. The number of ether oxygens (including phenoxy) is 1. The molecule has 0 radical (unpaired) electrons. The summed E-state index contributed by atoms with van der Waals surface area (Å²) in [5, 5.41) is 3.47. The normalized spacial score (nSPS) is 17.9. The summed E-state index contributed by atoms with van der Waals surface area (Å²) in [7, 11) is 1.72. The molecule has 1 aromatic carbocycles. The minimum absolute atomic E-state index is 0.254. The van der Waals surface area contributed by atoms with E-state index < -0.39 is 0 Å². The first-order valence-corrected chi connectivity index (χ1v) is 5.95. The number of anilines is 1. The van der Waals surface area contributed by atoms with Gasteiger partial charge in [-0.05, 0) is 32.4 Å². The van der Waals surface area contributed by atoms with Crippen LogP contribution in [0.5, 0.6) is 5.75 Å². The molecule has 0 atom stereocenters. The fraction of sp³-hybridized carbons (Fsp3) is 0.500. The van der Waals surface area contributed by atoms with Crippen LogP contribution in [0.3, 0.4) is 0 Å². The topological polar surface area (TPSA) is 21.3 Å². The summed E-state index contributed by atoms with van der Waals surface area (Å²) in [5.74, 6) is 0.943. The fourth-order valence-corrected chi connectivity index (χ4v) is 2.95. The Morgan fingerprint density at radius 2 is 2.13 bits per heavy atom. The molecule has 1 aromatic rings. The summed E-state index contributed by atoms with van der Waals surface area (Å²) < 4.78 is 5.61. The van der Waals surface area contributed by atoms with E-state index in [4.69, 9.17) is 4.74 Å². The van der Waals surface area contributed by atoms with E-state index in [1.807, 2.05) is 17.8 Å². The summed E-state index contributed by atoms with van der Waals surface area (Å²) in [6, 6.07) is 4.15. The van der Waals surface area contributed by atoms with Gasteiger partial charge in [0.1, 0.15) is 5.75 Å². The first-order valence-electron chi connectivity index (χ1n) is 5.14. The molecule has 0 amide bonds. The van der Waals surface area contributed by atoms with E-state index in [1.54, 1.807) is 7.11 Å². The largest absolute Gasteiger partial charge is 0.495 e. The monoisotopic (exact) mass is 223 g/mol. The van der Waals surface area contributed by atoms with Gasteiger partial charge in [-0.3, -0.25) is 0 Å². The Kier molecular flexibility index (Phi) is 2.59.